The summed E-state index contributed by atoms with van der Waals surface area (Å²) < 4.78 is 25.8. The van der Waals surface area contributed by atoms with E-state index in [2.05, 4.69) is 0 Å². The molecule has 0 spiro atoms. The van der Waals surface area contributed by atoms with E-state index in [0.717, 1.165) is 24.7 Å². The van der Waals surface area contributed by atoms with Crippen molar-refractivity contribution in [2.75, 3.05) is 5.75 Å². The van der Waals surface area contributed by atoms with Gasteiger partial charge in [0.1, 0.15) is 17.4 Å². The Balaban J connectivity index is 2.29. The maximum Gasteiger partial charge on any atom is 0.139 e. The van der Waals surface area contributed by atoms with Crippen molar-refractivity contribution >= 4 is 17.5 Å². The molecule has 1 aromatic rings. The number of hydrogen-bond acceptors (Lipinski definition) is 2. The van der Waals surface area contributed by atoms with E-state index in [-0.39, 0.29) is 5.78 Å². The predicted molar refractivity (Wildman–Crippen MR) is 61.6 cm³/mol. The number of carbonyl (C=O) groups is 1. The van der Waals surface area contributed by atoms with Crippen LogP contribution in [0.3, 0.4) is 0 Å². The Morgan fingerprint density at radius 1 is 1.31 bits per heavy atom. The third-order valence-corrected chi connectivity index (χ3v) is 3.21. The van der Waals surface area contributed by atoms with Crippen molar-refractivity contribution in [2.24, 2.45) is 0 Å². The Bertz CT molecular complexity index is 366. The summed E-state index contributed by atoms with van der Waals surface area (Å²) >= 11 is 1.35. The van der Waals surface area contributed by atoms with Gasteiger partial charge in [0, 0.05) is 17.4 Å². The second-order valence-corrected chi connectivity index (χ2v) is 4.72. The van der Waals surface area contributed by atoms with Crippen molar-refractivity contribution in [1.29, 1.82) is 0 Å². The number of ketones is 1. The van der Waals surface area contributed by atoms with Gasteiger partial charge in [0.25, 0.3) is 0 Å². The zero-order chi connectivity index (χ0) is 12.0. The molecule has 1 rings (SSSR count). The van der Waals surface area contributed by atoms with E-state index in [0.29, 0.717) is 11.3 Å². The monoisotopic (exact) mass is 244 g/mol. The highest BCUT2D eigenvalue weighted by Gasteiger charge is 2.03. The minimum absolute atomic E-state index is 0.179. The van der Waals surface area contributed by atoms with Gasteiger partial charge in [-0.2, -0.15) is 0 Å². The molecule has 1 nitrogen and oxygen atoms in total. The van der Waals surface area contributed by atoms with Crippen LogP contribution in [-0.2, 0) is 4.79 Å². The van der Waals surface area contributed by atoms with Gasteiger partial charge in [0.15, 0.2) is 0 Å². The summed E-state index contributed by atoms with van der Waals surface area (Å²) in [5.74, 6) is -0.150. The first-order valence-electron chi connectivity index (χ1n) is 5.17. The van der Waals surface area contributed by atoms with Gasteiger partial charge in [-0.15, -0.1) is 11.8 Å². The fourth-order valence-electron chi connectivity index (χ4n) is 1.25. The fraction of sp³-hybridized carbons (Fsp3) is 0.417. The van der Waals surface area contributed by atoms with Crippen molar-refractivity contribution < 1.29 is 13.6 Å². The van der Waals surface area contributed by atoms with Crippen LogP contribution in [0.15, 0.2) is 23.1 Å². The van der Waals surface area contributed by atoms with E-state index >= 15 is 0 Å². The maximum absolute atomic E-state index is 13.2. The van der Waals surface area contributed by atoms with Crippen LogP contribution in [0.1, 0.15) is 26.2 Å². The molecule has 0 saturated heterocycles. The summed E-state index contributed by atoms with van der Waals surface area (Å²) in [5, 5.41) is 0. The second kappa shape index (κ2) is 6.63. The molecule has 0 aliphatic rings. The van der Waals surface area contributed by atoms with Crippen LogP contribution in [0.25, 0.3) is 0 Å². The molecule has 0 N–H and O–H groups in total. The largest absolute Gasteiger partial charge is 0.300 e. The normalized spacial score (nSPS) is 10.4. The first kappa shape index (κ1) is 13.2. The zero-order valence-electron chi connectivity index (χ0n) is 9.13. The van der Waals surface area contributed by atoms with Crippen LogP contribution in [0.2, 0.25) is 0 Å². The van der Waals surface area contributed by atoms with E-state index in [1.54, 1.807) is 6.92 Å². The number of hydrogen-bond donors (Lipinski definition) is 0. The highest BCUT2D eigenvalue weighted by Crippen LogP contribution is 2.23. The Kier molecular flexibility index (Phi) is 5.46. The molecule has 0 aliphatic carbocycles. The van der Waals surface area contributed by atoms with Crippen LogP contribution < -0.4 is 0 Å². The van der Waals surface area contributed by atoms with Crippen molar-refractivity contribution in [3.63, 3.8) is 0 Å². The zero-order valence-corrected chi connectivity index (χ0v) is 9.95. The highest BCUT2D eigenvalue weighted by atomic mass is 32.2. The van der Waals surface area contributed by atoms with Crippen LogP contribution >= 0.6 is 11.8 Å². The molecule has 1 aromatic carbocycles. The van der Waals surface area contributed by atoms with Gasteiger partial charge < -0.3 is 4.79 Å². The summed E-state index contributed by atoms with van der Waals surface area (Å²) in [4.78, 5) is 11.1. The molecule has 0 radical (unpaired) electrons. The SMILES string of the molecule is CC(=O)CCCCSc1ccc(F)cc1F. The first-order chi connectivity index (χ1) is 7.59. The fourth-order valence-corrected chi connectivity index (χ4v) is 2.18. The molecule has 0 amide bonds. The molecule has 16 heavy (non-hydrogen) atoms. The molecule has 0 aliphatic heterocycles. The number of rotatable bonds is 6. The lowest BCUT2D eigenvalue weighted by molar-refractivity contribution is -0.117. The van der Waals surface area contributed by atoms with Gasteiger partial charge in [-0.25, -0.2) is 8.78 Å². The average Bonchev–Trinajstić information content (AvgIpc) is 2.20. The van der Waals surface area contributed by atoms with Gasteiger partial charge in [0.05, 0.1) is 0 Å². The smallest absolute Gasteiger partial charge is 0.139 e. The maximum atomic E-state index is 13.2. The summed E-state index contributed by atoms with van der Waals surface area (Å²) in [7, 11) is 0. The van der Waals surface area contributed by atoms with Crippen LogP contribution in [0.5, 0.6) is 0 Å². The van der Waals surface area contributed by atoms with E-state index in [1.807, 2.05) is 0 Å². The van der Waals surface area contributed by atoms with Crippen molar-refractivity contribution in [2.45, 2.75) is 31.1 Å². The van der Waals surface area contributed by atoms with Crippen LogP contribution in [0, 0.1) is 11.6 Å². The molecule has 0 heterocycles. The van der Waals surface area contributed by atoms with Gasteiger partial charge in [-0.05, 0) is 37.7 Å². The lowest BCUT2D eigenvalue weighted by atomic mass is 10.2. The van der Waals surface area contributed by atoms with Gasteiger partial charge in [0.2, 0.25) is 0 Å². The number of thioether (sulfide) groups is 1. The molecule has 0 unspecified atom stereocenters. The Labute approximate surface area is 98.2 Å². The second-order valence-electron chi connectivity index (χ2n) is 3.58. The van der Waals surface area contributed by atoms with Gasteiger partial charge >= 0.3 is 0 Å². The number of carbonyl (C=O) groups excluding carboxylic acids is 1. The van der Waals surface area contributed by atoms with E-state index in [9.17, 15) is 13.6 Å². The summed E-state index contributed by atoms with van der Waals surface area (Å²) in [5.41, 5.74) is 0. The molecule has 0 saturated carbocycles. The van der Waals surface area contributed by atoms with Crippen molar-refractivity contribution in [3.8, 4) is 0 Å². The van der Waals surface area contributed by atoms with Crippen molar-refractivity contribution in [1.82, 2.24) is 0 Å². The summed E-state index contributed by atoms with van der Waals surface area (Å²) in [6.45, 7) is 1.56. The Morgan fingerprint density at radius 3 is 2.69 bits per heavy atom. The third kappa shape index (κ3) is 4.75. The number of halogens is 2. The molecule has 0 atom stereocenters. The van der Waals surface area contributed by atoms with Crippen LogP contribution in [0.4, 0.5) is 8.78 Å². The summed E-state index contributed by atoms with van der Waals surface area (Å²) in [6.07, 6.45) is 2.26. The van der Waals surface area contributed by atoms with Crippen LogP contribution in [-0.4, -0.2) is 11.5 Å². The standard InChI is InChI=1S/C12H14F2OS/c1-9(15)4-2-3-7-16-12-6-5-10(13)8-11(12)14/h5-6,8H,2-4,7H2,1H3. The molecular formula is C12H14F2OS. The van der Waals surface area contributed by atoms with Gasteiger partial charge in [-0.3, -0.25) is 0 Å². The number of Topliss-reactive ketones (excluding diaryl/α,β-unsaturated/α-hetero) is 1. The van der Waals surface area contributed by atoms with E-state index in [1.165, 1.54) is 23.9 Å². The molecule has 0 bridgehead atoms. The quantitative estimate of drug-likeness (QED) is 0.559. The van der Waals surface area contributed by atoms with E-state index < -0.39 is 11.6 Å². The van der Waals surface area contributed by atoms with Crippen molar-refractivity contribution in [3.05, 3.63) is 29.8 Å². The minimum Gasteiger partial charge on any atom is -0.300 e. The predicted octanol–water partition coefficient (Wildman–Crippen LogP) is 3.82. The molecule has 88 valence electrons. The topological polar surface area (TPSA) is 17.1 Å². The number of unbranched alkanes of at least 4 members (excludes halogenated alkanes) is 1. The lowest BCUT2D eigenvalue weighted by Gasteiger charge is -2.02. The Morgan fingerprint density at radius 2 is 2.06 bits per heavy atom. The highest BCUT2D eigenvalue weighted by molar-refractivity contribution is 7.99. The summed E-state index contributed by atoms with van der Waals surface area (Å²) in [6, 6.07) is 3.58. The first-order valence-corrected chi connectivity index (χ1v) is 6.15. The third-order valence-electron chi connectivity index (χ3n) is 2.07. The molecular weight excluding hydrogens is 230 g/mol. The van der Waals surface area contributed by atoms with E-state index in [4.69, 9.17) is 0 Å². The average molecular weight is 244 g/mol. The Hall–Kier alpha value is -0.900. The molecule has 0 fully saturated rings. The lowest BCUT2D eigenvalue weighted by Crippen LogP contribution is -1.91. The van der Waals surface area contributed by atoms with Gasteiger partial charge in [-0.1, -0.05) is 0 Å². The minimum atomic E-state index is -0.557. The molecule has 0 aromatic heterocycles. The number of benzene rings is 1. The molecule has 4 heteroatoms.